The molecule has 1 N–H and O–H groups in total. The molecule has 1 fully saturated rings. The molecule has 41 heavy (non-hydrogen) atoms. The summed E-state index contributed by atoms with van der Waals surface area (Å²) >= 11 is 1.39. The molecule has 0 atom stereocenters. The molecule has 1 aliphatic heterocycles. The molecule has 0 bridgehead atoms. The van der Waals surface area contributed by atoms with Crippen LogP contribution in [0.1, 0.15) is 70.7 Å². The molecule has 218 valence electrons. The molecular formula is C28H30F3N5O4S. The average Bonchev–Trinajstić information content (AvgIpc) is 3.56. The number of unbranched alkanes of at least 4 members (excludes halogenated alkanes) is 1. The fourth-order valence-electron chi connectivity index (χ4n) is 4.50. The van der Waals surface area contributed by atoms with Crippen molar-refractivity contribution in [3.8, 4) is 0 Å². The monoisotopic (exact) mass is 589 g/mol. The van der Waals surface area contributed by atoms with Gasteiger partial charge in [-0.25, -0.2) is 19.6 Å². The van der Waals surface area contributed by atoms with Gasteiger partial charge in [-0.3, -0.25) is 14.6 Å². The summed E-state index contributed by atoms with van der Waals surface area (Å²) in [5.74, 6) is -0.966. The molecule has 4 rings (SSSR count). The summed E-state index contributed by atoms with van der Waals surface area (Å²) in [6.45, 7) is 3.82. The predicted octanol–water partition coefficient (Wildman–Crippen LogP) is 5.88. The summed E-state index contributed by atoms with van der Waals surface area (Å²) in [4.78, 5) is 49.0. The summed E-state index contributed by atoms with van der Waals surface area (Å²) in [6.07, 6.45) is -0.318. The van der Waals surface area contributed by atoms with Crippen molar-refractivity contribution in [1.29, 1.82) is 0 Å². The number of urea groups is 1. The van der Waals surface area contributed by atoms with Crippen LogP contribution in [-0.4, -0.2) is 60.1 Å². The van der Waals surface area contributed by atoms with Crippen molar-refractivity contribution in [1.82, 2.24) is 24.3 Å². The van der Waals surface area contributed by atoms with Gasteiger partial charge in [0.15, 0.2) is 0 Å². The van der Waals surface area contributed by atoms with E-state index in [1.165, 1.54) is 34.4 Å². The Balaban J connectivity index is 1.70. The molecule has 0 aliphatic carbocycles. The number of hydrogen-bond donors (Lipinski definition) is 1. The SMILES string of the molecule is CCCCc1ncc(/C=C2\C(=O)N(CCCC(F)(F)F)C(=O)N2Cc2csc(C)n2)n1Cc1ccc(C(=O)O)cc1. The van der Waals surface area contributed by atoms with Crippen LogP contribution in [0.25, 0.3) is 6.08 Å². The second-order valence-corrected chi connectivity index (χ2v) is 10.8. The number of carbonyl (C=O) groups excluding carboxylic acids is 2. The third kappa shape index (κ3) is 7.40. The fraction of sp³-hybridized carbons (Fsp3) is 0.393. The van der Waals surface area contributed by atoms with E-state index in [1.54, 1.807) is 23.7 Å². The number of aromatic nitrogens is 3. The Morgan fingerprint density at radius 1 is 1.10 bits per heavy atom. The van der Waals surface area contributed by atoms with E-state index in [-0.39, 0.29) is 24.4 Å². The van der Waals surface area contributed by atoms with Crippen molar-refractivity contribution in [3.05, 3.63) is 74.9 Å². The first-order chi connectivity index (χ1) is 19.5. The highest BCUT2D eigenvalue weighted by Gasteiger charge is 2.41. The Kier molecular flexibility index (Phi) is 9.26. The van der Waals surface area contributed by atoms with Crippen LogP contribution in [0.3, 0.4) is 0 Å². The van der Waals surface area contributed by atoms with Crippen molar-refractivity contribution in [3.63, 3.8) is 0 Å². The van der Waals surface area contributed by atoms with Crippen LogP contribution in [-0.2, 0) is 24.3 Å². The second kappa shape index (κ2) is 12.7. The molecule has 3 amide bonds. The van der Waals surface area contributed by atoms with Crippen LogP contribution in [0.2, 0.25) is 0 Å². The summed E-state index contributed by atoms with van der Waals surface area (Å²) < 4.78 is 40.2. The Morgan fingerprint density at radius 3 is 2.44 bits per heavy atom. The third-order valence-corrected chi connectivity index (χ3v) is 7.42. The first-order valence-corrected chi connectivity index (χ1v) is 14.0. The molecule has 3 heterocycles. The highest BCUT2D eigenvalue weighted by atomic mass is 32.1. The van der Waals surface area contributed by atoms with Crippen molar-refractivity contribution in [2.45, 2.75) is 65.2 Å². The van der Waals surface area contributed by atoms with Gasteiger partial charge in [0, 0.05) is 31.3 Å². The van der Waals surface area contributed by atoms with Crippen molar-refractivity contribution < 1.29 is 32.7 Å². The molecule has 0 radical (unpaired) electrons. The number of imidazole rings is 1. The Morgan fingerprint density at radius 2 is 1.83 bits per heavy atom. The van der Waals surface area contributed by atoms with E-state index in [0.717, 1.165) is 34.1 Å². The van der Waals surface area contributed by atoms with Crippen LogP contribution in [0, 0.1) is 6.92 Å². The van der Waals surface area contributed by atoms with Gasteiger partial charge in [0.25, 0.3) is 5.91 Å². The molecule has 13 heteroatoms. The molecule has 0 spiro atoms. The zero-order valence-electron chi connectivity index (χ0n) is 22.6. The highest BCUT2D eigenvalue weighted by molar-refractivity contribution is 7.09. The van der Waals surface area contributed by atoms with E-state index in [2.05, 4.69) is 16.9 Å². The lowest BCUT2D eigenvalue weighted by Crippen LogP contribution is -2.34. The first kappa shape index (κ1) is 30.0. The third-order valence-electron chi connectivity index (χ3n) is 6.59. The summed E-state index contributed by atoms with van der Waals surface area (Å²) in [5, 5.41) is 11.8. The standard InChI is InChI=1S/C28H30F3N5O4S/c1-3-4-6-24-32-14-22(35(24)15-19-7-9-20(10-8-19)26(38)39)13-23-25(37)34(12-5-11-28(29,30)31)27(40)36(23)16-21-17-41-18(2)33-21/h7-10,13-14,17H,3-6,11-12,15-16H2,1-2H3,(H,38,39)/b23-13+. The minimum Gasteiger partial charge on any atom is -0.478 e. The number of carboxylic acid groups (broad SMARTS) is 1. The molecule has 0 saturated carbocycles. The number of hydrogen-bond acceptors (Lipinski definition) is 6. The molecule has 2 aromatic heterocycles. The fourth-order valence-corrected chi connectivity index (χ4v) is 5.10. The lowest BCUT2D eigenvalue weighted by molar-refractivity contribution is -0.137. The number of nitrogens with zero attached hydrogens (tertiary/aromatic N) is 5. The van der Waals surface area contributed by atoms with Gasteiger partial charge in [-0.1, -0.05) is 25.5 Å². The van der Waals surface area contributed by atoms with E-state index in [1.807, 2.05) is 11.5 Å². The van der Waals surface area contributed by atoms with Gasteiger partial charge in [-0.2, -0.15) is 13.2 Å². The smallest absolute Gasteiger partial charge is 0.389 e. The van der Waals surface area contributed by atoms with Crippen LogP contribution >= 0.6 is 11.3 Å². The number of aromatic carboxylic acids is 1. The first-order valence-electron chi connectivity index (χ1n) is 13.2. The molecule has 1 aromatic carbocycles. The van der Waals surface area contributed by atoms with Crippen LogP contribution < -0.4 is 0 Å². The number of carboxylic acids is 1. The number of halogens is 3. The molecule has 3 aromatic rings. The zero-order valence-corrected chi connectivity index (χ0v) is 23.5. The average molecular weight is 590 g/mol. The van der Waals surface area contributed by atoms with Gasteiger partial charge in [0.05, 0.1) is 34.7 Å². The number of rotatable bonds is 12. The Bertz CT molecular complexity index is 1450. The number of alkyl halides is 3. The van der Waals surface area contributed by atoms with Gasteiger partial charge in [-0.05, 0) is 43.5 Å². The lowest BCUT2D eigenvalue weighted by atomic mass is 10.1. The normalized spacial score (nSPS) is 15.0. The minimum absolute atomic E-state index is 0.00992. The van der Waals surface area contributed by atoms with Gasteiger partial charge in [0.1, 0.15) is 11.5 Å². The van der Waals surface area contributed by atoms with Gasteiger partial charge in [-0.15, -0.1) is 11.3 Å². The predicted molar refractivity (Wildman–Crippen MR) is 146 cm³/mol. The van der Waals surface area contributed by atoms with Crippen molar-refractivity contribution in [2.75, 3.05) is 6.54 Å². The highest BCUT2D eigenvalue weighted by Crippen LogP contribution is 2.29. The number of carbonyl (C=O) groups is 3. The molecule has 9 nitrogen and oxygen atoms in total. The molecular weight excluding hydrogens is 559 g/mol. The maximum absolute atomic E-state index is 13.4. The quantitative estimate of drug-likeness (QED) is 0.209. The summed E-state index contributed by atoms with van der Waals surface area (Å²) in [7, 11) is 0. The number of imide groups is 1. The second-order valence-electron chi connectivity index (χ2n) is 9.72. The topological polar surface area (TPSA) is 109 Å². The number of amides is 3. The minimum atomic E-state index is -4.40. The van der Waals surface area contributed by atoms with E-state index in [4.69, 9.17) is 0 Å². The summed E-state index contributed by atoms with van der Waals surface area (Å²) in [6, 6.07) is 5.72. The van der Waals surface area contributed by atoms with Crippen molar-refractivity contribution in [2.24, 2.45) is 0 Å². The Labute approximate surface area is 238 Å². The van der Waals surface area contributed by atoms with Gasteiger partial charge in [0.2, 0.25) is 0 Å². The van der Waals surface area contributed by atoms with E-state index in [0.29, 0.717) is 24.4 Å². The number of benzene rings is 1. The van der Waals surface area contributed by atoms with Gasteiger partial charge >= 0.3 is 18.2 Å². The van der Waals surface area contributed by atoms with Crippen molar-refractivity contribution >= 4 is 35.3 Å². The lowest BCUT2D eigenvalue weighted by Gasteiger charge is -2.17. The summed E-state index contributed by atoms with van der Waals surface area (Å²) in [5.41, 5.74) is 2.08. The molecule has 0 unspecified atom stereocenters. The van der Waals surface area contributed by atoms with E-state index >= 15 is 0 Å². The van der Waals surface area contributed by atoms with Crippen LogP contribution in [0.15, 0.2) is 41.5 Å². The molecule has 1 aliphatic rings. The van der Waals surface area contributed by atoms with Crippen LogP contribution in [0.4, 0.5) is 18.0 Å². The molecule has 1 saturated heterocycles. The van der Waals surface area contributed by atoms with Gasteiger partial charge < -0.3 is 9.67 Å². The Hall–Kier alpha value is -4.00. The maximum atomic E-state index is 13.4. The largest absolute Gasteiger partial charge is 0.478 e. The van der Waals surface area contributed by atoms with Crippen LogP contribution in [0.5, 0.6) is 0 Å². The number of aryl methyl sites for hydroxylation is 2. The maximum Gasteiger partial charge on any atom is 0.389 e. The van der Waals surface area contributed by atoms with E-state index in [9.17, 15) is 32.7 Å². The van der Waals surface area contributed by atoms with E-state index < -0.39 is 36.9 Å². The zero-order chi connectivity index (χ0) is 29.7. The number of thiazole rings is 1.